The molecule has 13 heavy (non-hydrogen) atoms. The zero-order valence-electron chi connectivity index (χ0n) is 7.71. The van der Waals surface area contributed by atoms with Crippen LogP contribution < -0.4 is 0 Å². The van der Waals surface area contributed by atoms with Crippen LogP contribution in [-0.2, 0) is 4.74 Å². The highest BCUT2D eigenvalue weighted by Crippen LogP contribution is 2.17. The minimum absolute atomic E-state index is 0.188. The Kier molecular flexibility index (Phi) is 2.51. The van der Waals surface area contributed by atoms with Crippen molar-refractivity contribution in [1.82, 2.24) is 0 Å². The number of furan rings is 1. The van der Waals surface area contributed by atoms with Crippen molar-refractivity contribution in [2.75, 3.05) is 7.11 Å². The molecule has 0 spiro atoms. The summed E-state index contributed by atoms with van der Waals surface area (Å²) in [5.41, 5.74) is 0.486. The largest absolute Gasteiger partial charge is 0.468 e. The molecule has 0 aliphatic heterocycles. The van der Waals surface area contributed by atoms with Crippen molar-refractivity contribution >= 4 is 11.8 Å². The van der Waals surface area contributed by atoms with Gasteiger partial charge in [0.1, 0.15) is 17.6 Å². The maximum atomic E-state index is 11.1. The smallest absolute Gasteiger partial charge is 0.341 e. The van der Waals surface area contributed by atoms with Crippen LogP contribution in [0.4, 0.5) is 0 Å². The fourth-order valence-corrected chi connectivity index (χ4v) is 1.15. The monoisotopic (exact) mass is 182 g/mol. The number of esters is 1. The summed E-state index contributed by atoms with van der Waals surface area (Å²) in [6.45, 7) is 3.01. The molecule has 1 rings (SSSR count). The first-order chi connectivity index (χ1) is 6.07. The molecule has 0 aromatic carbocycles. The quantitative estimate of drug-likeness (QED) is 0.514. The molecule has 4 nitrogen and oxygen atoms in total. The second-order valence-corrected chi connectivity index (χ2v) is 2.63. The number of carbonyl (C=O) groups is 2. The minimum atomic E-state index is -0.554. The lowest BCUT2D eigenvalue weighted by Gasteiger charge is -1.97. The molecule has 4 heteroatoms. The second-order valence-electron chi connectivity index (χ2n) is 2.63. The number of rotatable bonds is 2. The van der Waals surface area contributed by atoms with Crippen molar-refractivity contribution in [1.29, 1.82) is 0 Å². The molecule has 0 radical (unpaired) electrons. The predicted molar refractivity (Wildman–Crippen MR) is 44.8 cm³/mol. The van der Waals surface area contributed by atoms with Gasteiger partial charge in [-0.1, -0.05) is 0 Å². The molecule has 0 saturated heterocycles. The van der Waals surface area contributed by atoms with E-state index in [2.05, 4.69) is 4.74 Å². The minimum Gasteiger partial charge on any atom is -0.468 e. The van der Waals surface area contributed by atoms with Gasteiger partial charge < -0.3 is 9.15 Å². The predicted octanol–water partition coefficient (Wildman–Crippen LogP) is 1.58. The molecule has 0 aliphatic rings. The average molecular weight is 182 g/mol. The molecule has 0 aliphatic carbocycles. The zero-order valence-corrected chi connectivity index (χ0v) is 7.71. The molecule has 0 bridgehead atoms. The Morgan fingerprint density at radius 2 is 2.08 bits per heavy atom. The maximum Gasteiger partial charge on any atom is 0.341 e. The van der Waals surface area contributed by atoms with Crippen LogP contribution in [0.2, 0.25) is 0 Å². The van der Waals surface area contributed by atoms with Crippen molar-refractivity contribution in [3.63, 3.8) is 0 Å². The maximum absolute atomic E-state index is 11.1. The van der Waals surface area contributed by atoms with Gasteiger partial charge in [-0.3, -0.25) is 4.79 Å². The van der Waals surface area contributed by atoms with Crippen LogP contribution in [-0.4, -0.2) is 18.9 Å². The summed E-state index contributed by atoms with van der Waals surface area (Å²) in [7, 11) is 1.26. The van der Waals surface area contributed by atoms with Gasteiger partial charge in [-0.2, -0.15) is 0 Å². The van der Waals surface area contributed by atoms with Crippen LogP contribution in [0.1, 0.15) is 33.4 Å². The van der Waals surface area contributed by atoms with Crippen LogP contribution in [0.25, 0.3) is 0 Å². The van der Waals surface area contributed by atoms with Crippen LogP contribution >= 0.6 is 0 Å². The first-order valence-electron chi connectivity index (χ1n) is 3.75. The van der Waals surface area contributed by atoms with E-state index in [1.807, 2.05) is 0 Å². The highest BCUT2D eigenvalue weighted by Gasteiger charge is 2.20. The van der Waals surface area contributed by atoms with E-state index in [4.69, 9.17) is 4.42 Å². The molecule has 0 fully saturated rings. The summed E-state index contributed by atoms with van der Waals surface area (Å²) in [6, 6.07) is 0. The number of ether oxygens (including phenoxy) is 1. The number of methoxy groups -OCH3 is 1. The molecular weight excluding hydrogens is 172 g/mol. The number of carbonyl (C=O) groups excluding carboxylic acids is 2. The molecule has 70 valence electrons. The normalized spacial score (nSPS) is 9.77. The summed E-state index contributed by atoms with van der Waals surface area (Å²) in [5, 5.41) is 0. The number of hydrogen-bond acceptors (Lipinski definition) is 4. The van der Waals surface area contributed by atoms with Crippen molar-refractivity contribution < 1.29 is 18.7 Å². The van der Waals surface area contributed by atoms with E-state index in [1.165, 1.54) is 20.3 Å². The first-order valence-corrected chi connectivity index (χ1v) is 3.75. The molecule has 0 saturated carbocycles. The molecule has 0 atom stereocenters. The fraction of sp³-hybridized carbons (Fsp3) is 0.333. The summed E-state index contributed by atoms with van der Waals surface area (Å²) in [6.07, 6.45) is 1.23. The Morgan fingerprint density at radius 1 is 1.46 bits per heavy atom. The standard InChI is InChI=1S/C9H10O4/c1-5(10)8-6(2)13-4-7(8)9(11)12-3/h4H,1-3H3. The average Bonchev–Trinajstić information content (AvgIpc) is 2.45. The fourth-order valence-electron chi connectivity index (χ4n) is 1.15. The van der Waals surface area contributed by atoms with Gasteiger partial charge in [-0.05, 0) is 13.8 Å². The van der Waals surface area contributed by atoms with E-state index in [9.17, 15) is 9.59 Å². The Labute approximate surface area is 75.5 Å². The van der Waals surface area contributed by atoms with Crippen molar-refractivity contribution in [3.05, 3.63) is 23.2 Å². The lowest BCUT2D eigenvalue weighted by Crippen LogP contribution is -2.06. The second kappa shape index (κ2) is 3.43. The molecular formula is C9H10O4. The molecule has 1 heterocycles. The van der Waals surface area contributed by atoms with Gasteiger partial charge in [-0.25, -0.2) is 4.79 Å². The lowest BCUT2D eigenvalue weighted by atomic mass is 10.1. The van der Waals surface area contributed by atoms with Gasteiger partial charge in [-0.15, -0.1) is 0 Å². The number of Topliss-reactive ketones (excluding diaryl/α,β-unsaturated/α-hetero) is 1. The third kappa shape index (κ3) is 1.61. The molecule has 0 amide bonds. The lowest BCUT2D eigenvalue weighted by molar-refractivity contribution is 0.0596. The highest BCUT2D eigenvalue weighted by atomic mass is 16.5. The summed E-state index contributed by atoms with van der Waals surface area (Å²) in [4.78, 5) is 22.2. The van der Waals surface area contributed by atoms with Gasteiger partial charge in [0.05, 0.1) is 12.7 Å². The van der Waals surface area contributed by atoms with Crippen molar-refractivity contribution in [2.45, 2.75) is 13.8 Å². The Balaban J connectivity index is 3.22. The SMILES string of the molecule is COC(=O)c1coc(C)c1C(C)=O. The number of ketones is 1. The molecule has 1 aromatic rings. The Bertz CT molecular complexity index is 348. The molecule has 0 N–H and O–H groups in total. The van der Waals surface area contributed by atoms with Crippen molar-refractivity contribution in [2.24, 2.45) is 0 Å². The van der Waals surface area contributed by atoms with Crippen LogP contribution in [0.15, 0.2) is 10.7 Å². The number of aryl methyl sites for hydroxylation is 1. The van der Waals surface area contributed by atoms with E-state index in [1.54, 1.807) is 6.92 Å². The Morgan fingerprint density at radius 3 is 2.54 bits per heavy atom. The van der Waals surface area contributed by atoms with Gasteiger partial charge >= 0.3 is 5.97 Å². The van der Waals surface area contributed by atoms with E-state index >= 15 is 0 Å². The van der Waals surface area contributed by atoms with Gasteiger partial charge in [0.15, 0.2) is 5.78 Å². The summed E-state index contributed by atoms with van der Waals surface area (Å²) in [5.74, 6) is -0.318. The van der Waals surface area contributed by atoms with E-state index in [-0.39, 0.29) is 11.3 Å². The summed E-state index contributed by atoms with van der Waals surface area (Å²) < 4.78 is 9.45. The van der Waals surface area contributed by atoms with Gasteiger partial charge in [0.25, 0.3) is 0 Å². The van der Waals surface area contributed by atoms with E-state index in [0.717, 1.165) is 0 Å². The van der Waals surface area contributed by atoms with Crippen LogP contribution in [0.3, 0.4) is 0 Å². The van der Waals surface area contributed by atoms with Crippen LogP contribution in [0, 0.1) is 6.92 Å². The zero-order chi connectivity index (χ0) is 10.0. The third-order valence-electron chi connectivity index (χ3n) is 1.73. The number of hydrogen-bond donors (Lipinski definition) is 0. The van der Waals surface area contributed by atoms with Crippen molar-refractivity contribution in [3.8, 4) is 0 Å². The molecule has 1 aromatic heterocycles. The Hall–Kier alpha value is -1.58. The van der Waals surface area contributed by atoms with Gasteiger partial charge in [0.2, 0.25) is 0 Å². The van der Waals surface area contributed by atoms with Gasteiger partial charge in [0, 0.05) is 0 Å². The van der Waals surface area contributed by atoms with E-state index in [0.29, 0.717) is 11.3 Å². The highest BCUT2D eigenvalue weighted by molar-refractivity contribution is 6.05. The van der Waals surface area contributed by atoms with Crippen LogP contribution in [0.5, 0.6) is 0 Å². The topological polar surface area (TPSA) is 56.5 Å². The third-order valence-corrected chi connectivity index (χ3v) is 1.73. The molecule has 0 unspecified atom stereocenters. The first kappa shape index (κ1) is 9.51. The van der Waals surface area contributed by atoms with E-state index < -0.39 is 5.97 Å². The summed E-state index contributed by atoms with van der Waals surface area (Å²) >= 11 is 0.